The molecule has 0 spiro atoms. The Morgan fingerprint density at radius 1 is 1.09 bits per heavy atom. The zero-order chi connectivity index (χ0) is 22.9. The van der Waals surface area contributed by atoms with Crippen LogP contribution in [0.3, 0.4) is 0 Å². The summed E-state index contributed by atoms with van der Waals surface area (Å²) in [5.74, 6) is 0.847. The minimum atomic E-state index is -3.34. The molecule has 1 saturated heterocycles. The maximum absolute atomic E-state index is 13.4. The molecule has 0 aliphatic carbocycles. The second-order valence-corrected chi connectivity index (χ2v) is 11.6. The number of hydrogen-bond acceptors (Lipinski definition) is 6. The van der Waals surface area contributed by atoms with E-state index < -0.39 is 9.84 Å². The lowest BCUT2D eigenvalue weighted by Crippen LogP contribution is -2.39. The molecule has 0 bridgehead atoms. The van der Waals surface area contributed by atoms with Crippen LogP contribution in [0.1, 0.15) is 40.8 Å². The maximum Gasteiger partial charge on any atom is 0.185 e. The number of ether oxygens (including phenoxy) is 1. The van der Waals surface area contributed by atoms with Crippen LogP contribution in [0, 0.1) is 20.8 Å². The van der Waals surface area contributed by atoms with Crippen molar-refractivity contribution in [3.05, 3.63) is 69.7 Å². The predicted octanol–water partition coefficient (Wildman–Crippen LogP) is 5.11. The third-order valence-electron chi connectivity index (χ3n) is 6.10. The van der Waals surface area contributed by atoms with E-state index in [0.717, 1.165) is 45.2 Å². The molecule has 0 N–H and O–H groups in total. The van der Waals surface area contributed by atoms with Crippen molar-refractivity contribution in [2.45, 2.75) is 50.2 Å². The molecule has 7 heteroatoms. The molecule has 0 amide bonds. The predicted molar refractivity (Wildman–Crippen MR) is 131 cm³/mol. The molecular formula is C25H30N2O3S2. The molecule has 1 aromatic heterocycles. The number of benzene rings is 2. The number of piperidine rings is 1. The first kappa shape index (κ1) is 22.8. The van der Waals surface area contributed by atoms with E-state index in [-0.39, 0.29) is 5.25 Å². The highest BCUT2D eigenvalue weighted by atomic mass is 32.2. The highest BCUT2D eigenvalue weighted by Gasteiger charge is 2.34. The van der Waals surface area contributed by atoms with Gasteiger partial charge in [0.2, 0.25) is 0 Å². The van der Waals surface area contributed by atoms with Gasteiger partial charge in [-0.1, -0.05) is 29.8 Å². The number of sulfone groups is 1. The number of thiazole rings is 1. The highest BCUT2D eigenvalue weighted by Crippen LogP contribution is 2.32. The van der Waals surface area contributed by atoms with Crippen molar-refractivity contribution in [2.24, 2.45) is 0 Å². The topological polar surface area (TPSA) is 59.5 Å². The number of methoxy groups -OCH3 is 1. The first-order valence-corrected chi connectivity index (χ1v) is 13.3. The fraction of sp³-hybridized carbons (Fsp3) is 0.400. The first-order valence-electron chi connectivity index (χ1n) is 10.9. The number of aryl methyl sites for hydroxylation is 3. The lowest BCUT2D eigenvalue weighted by Gasteiger charge is -2.32. The second-order valence-electron chi connectivity index (χ2n) is 8.61. The number of anilines is 1. The van der Waals surface area contributed by atoms with Crippen molar-refractivity contribution in [2.75, 3.05) is 25.1 Å². The van der Waals surface area contributed by atoms with E-state index in [2.05, 4.69) is 16.3 Å². The molecule has 5 nitrogen and oxygen atoms in total. The van der Waals surface area contributed by atoms with Crippen LogP contribution in [0.5, 0.6) is 5.75 Å². The molecule has 0 unspecified atom stereocenters. The number of nitrogens with zero attached hydrogens (tertiary/aromatic N) is 2. The van der Waals surface area contributed by atoms with Gasteiger partial charge in [0.25, 0.3) is 0 Å². The van der Waals surface area contributed by atoms with Crippen molar-refractivity contribution in [3.8, 4) is 5.75 Å². The quantitative estimate of drug-likeness (QED) is 0.501. The van der Waals surface area contributed by atoms with Crippen LogP contribution >= 0.6 is 11.3 Å². The summed E-state index contributed by atoms with van der Waals surface area (Å²) in [6, 6.07) is 12.0. The van der Waals surface area contributed by atoms with Gasteiger partial charge in [-0.25, -0.2) is 13.4 Å². The molecule has 2 aromatic carbocycles. The zero-order valence-electron chi connectivity index (χ0n) is 19.1. The molecule has 1 aliphatic heterocycles. The number of rotatable bonds is 6. The zero-order valence-corrected chi connectivity index (χ0v) is 20.7. The molecule has 0 saturated carbocycles. The Labute approximate surface area is 195 Å². The number of aromatic nitrogens is 1. The van der Waals surface area contributed by atoms with Gasteiger partial charge in [-0.3, -0.25) is 0 Å². The average molecular weight is 471 g/mol. The van der Waals surface area contributed by atoms with Crippen molar-refractivity contribution >= 4 is 26.3 Å². The Morgan fingerprint density at radius 3 is 2.44 bits per heavy atom. The van der Waals surface area contributed by atoms with Crippen LogP contribution in [0.15, 0.2) is 46.7 Å². The molecule has 4 rings (SSSR count). The van der Waals surface area contributed by atoms with E-state index in [0.29, 0.717) is 30.8 Å². The Kier molecular flexibility index (Phi) is 6.58. The molecule has 170 valence electrons. The van der Waals surface area contributed by atoms with Crippen LogP contribution in [0.25, 0.3) is 0 Å². The van der Waals surface area contributed by atoms with E-state index in [9.17, 15) is 8.42 Å². The Morgan fingerprint density at radius 2 is 1.78 bits per heavy atom. The molecule has 3 aromatic rings. The normalized spacial score (nSPS) is 15.2. The first-order chi connectivity index (χ1) is 15.3. The van der Waals surface area contributed by atoms with Crippen LogP contribution in [0.2, 0.25) is 0 Å². The van der Waals surface area contributed by atoms with Gasteiger partial charge in [-0.2, -0.15) is 0 Å². The van der Waals surface area contributed by atoms with Crippen molar-refractivity contribution < 1.29 is 13.2 Å². The summed E-state index contributed by atoms with van der Waals surface area (Å²) in [5.41, 5.74) is 5.00. The summed E-state index contributed by atoms with van der Waals surface area (Å²) in [5, 5.41) is 2.73. The third kappa shape index (κ3) is 4.69. The minimum Gasteiger partial charge on any atom is -0.497 e. The second kappa shape index (κ2) is 9.24. The Bertz CT molecular complexity index is 1190. The van der Waals surface area contributed by atoms with E-state index in [4.69, 9.17) is 9.72 Å². The molecule has 1 fully saturated rings. The van der Waals surface area contributed by atoms with Crippen molar-refractivity contribution in [1.82, 2.24) is 4.98 Å². The highest BCUT2D eigenvalue weighted by molar-refractivity contribution is 7.92. The van der Waals surface area contributed by atoms with Crippen molar-refractivity contribution in [1.29, 1.82) is 0 Å². The smallest absolute Gasteiger partial charge is 0.185 e. The summed E-state index contributed by atoms with van der Waals surface area (Å²) in [6.07, 6.45) is 2.00. The summed E-state index contributed by atoms with van der Waals surface area (Å²) in [6.45, 7) is 7.23. The lowest BCUT2D eigenvalue weighted by molar-refractivity contribution is 0.414. The van der Waals surface area contributed by atoms with Crippen LogP contribution in [-0.2, 0) is 16.3 Å². The third-order valence-corrected chi connectivity index (χ3v) is 9.61. The van der Waals surface area contributed by atoms with Crippen LogP contribution < -0.4 is 9.64 Å². The van der Waals surface area contributed by atoms with Crippen LogP contribution in [0.4, 0.5) is 5.13 Å². The fourth-order valence-corrected chi connectivity index (χ4v) is 7.71. The minimum absolute atomic E-state index is 0.338. The molecule has 0 radical (unpaired) electrons. The molecular weight excluding hydrogens is 440 g/mol. The summed E-state index contributed by atoms with van der Waals surface area (Å²) < 4.78 is 32.1. The van der Waals surface area contributed by atoms with Crippen LogP contribution in [-0.4, -0.2) is 38.9 Å². The largest absolute Gasteiger partial charge is 0.497 e. The van der Waals surface area contributed by atoms with Gasteiger partial charge >= 0.3 is 0 Å². The van der Waals surface area contributed by atoms with E-state index >= 15 is 0 Å². The Balaban J connectivity index is 1.43. The molecule has 1 aliphatic rings. The lowest BCUT2D eigenvalue weighted by atomic mass is 10.1. The van der Waals surface area contributed by atoms with E-state index in [1.165, 1.54) is 0 Å². The Hall–Kier alpha value is -2.38. The molecule has 0 atom stereocenters. The molecule has 32 heavy (non-hydrogen) atoms. The molecule has 2 heterocycles. The van der Waals surface area contributed by atoms with Gasteiger partial charge in [-0.15, -0.1) is 11.3 Å². The standard InChI is InChI=1S/C25H30N2O3S2/c1-17-12-18(2)24(19(3)13-17)32(28,29)23-8-10-27(11-9-23)25-26-21(16-31-25)14-20-6-5-7-22(15-20)30-4/h5-7,12-13,15-16,23H,8-11,14H2,1-4H3. The van der Waals surface area contributed by atoms with E-state index in [1.807, 2.05) is 51.1 Å². The monoisotopic (exact) mass is 470 g/mol. The van der Waals surface area contributed by atoms with Crippen molar-refractivity contribution in [3.63, 3.8) is 0 Å². The van der Waals surface area contributed by atoms with E-state index in [1.54, 1.807) is 18.4 Å². The summed E-state index contributed by atoms with van der Waals surface area (Å²) >= 11 is 1.63. The summed E-state index contributed by atoms with van der Waals surface area (Å²) in [4.78, 5) is 7.57. The van der Waals surface area contributed by atoms with Gasteiger partial charge in [0, 0.05) is 24.9 Å². The SMILES string of the molecule is COc1cccc(Cc2csc(N3CCC(S(=O)(=O)c4c(C)cc(C)cc4C)CC3)n2)c1. The van der Waals surface area contributed by atoms with Gasteiger partial charge in [0.15, 0.2) is 15.0 Å². The maximum atomic E-state index is 13.4. The van der Waals surface area contributed by atoms with Gasteiger partial charge < -0.3 is 9.64 Å². The van der Waals surface area contributed by atoms with Gasteiger partial charge in [-0.05, 0) is 62.4 Å². The fourth-order valence-electron chi connectivity index (χ4n) is 4.65. The average Bonchev–Trinajstić information content (AvgIpc) is 3.21. The van der Waals surface area contributed by atoms with Gasteiger partial charge in [0.1, 0.15) is 5.75 Å². The number of hydrogen-bond donors (Lipinski definition) is 0. The van der Waals surface area contributed by atoms with Gasteiger partial charge in [0.05, 0.1) is 22.9 Å². The summed E-state index contributed by atoms with van der Waals surface area (Å²) in [7, 11) is -1.67.